The van der Waals surface area contributed by atoms with Crippen molar-refractivity contribution in [1.82, 2.24) is 0 Å². The largest absolute Gasteiger partial charge is 0.293 e. The second kappa shape index (κ2) is 3.64. The maximum atomic E-state index is 13.4. The highest BCUT2D eigenvalue weighted by Crippen LogP contribution is 2.64. The number of hydrogen-bond donors (Lipinski definition) is 0. The van der Waals surface area contributed by atoms with E-state index in [0.717, 1.165) is 22.3 Å². The molecule has 2 aromatic rings. The van der Waals surface area contributed by atoms with Gasteiger partial charge in [0.1, 0.15) is 0 Å². The van der Waals surface area contributed by atoms with Crippen LogP contribution in [0.15, 0.2) is 60.7 Å². The Morgan fingerprint density at radius 1 is 0.636 bits per heavy atom. The maximum Gasteiger partial charge on any atom is 0.175 e. The van der Waals surface area contributed by atoms with Gasteiger partial charge in [0.2, 0.25) is 0 Å². The van der Waals surface area contributed by atoms with Crippen molar-refractivity contribution < 1.29 is 9.59 Å². The molecule has 0 saturated heterocycles. The van der Waals surface area contributed by atoms with Crippen molar-refractivity contribution in [2.45, 2.75) is 23.7 Å². The van der Waals surface area contributed by atoms with Crippen LogP contribution in [0.2, 0.25) is 0 Å². The third kappa shape index (κ3) is 0.989. The van der Waals surface area contributed by atoms with E-state index in [0.29, 0.717) is 12.8 Å². The van der Waals surface area contributed by atoms with Crippen molar-refractivity contribution in [2.24, 2.45) is 0 Å². The molecular formula is C20H14O2. The summed E-state index contributed by atoms with van der Waals surface area (Å²) in [5.74, 6) is 0.233. The van der Waals surface area contributed by atoms with Gasteiger partial charge in [-0.2, -0.15) is 0 Å². The SMILES string of the molecule is O=C1c2ccccc2[C@@]23CC=CCC12c1ccccc1C3=O. The molecule has 2 nitrogen and oxygen atoms in total. The zero-order valence-electron chi connectivity index (χ0n) is 12.0. The van der Waals surface area contributed by atoms with Gasteiger partial charge in [-0.15, -0.1) is 0 Å². The fourth-order valence-corrected chi connectivity index (χ4v) is 4.93. The van der Waals surface area contributed by atoms with E-state index in [1.165, 1.54) is 0 Å². The van der Waals surface area contributed by atoms with Gasteiger partial charge in [0.05, 0.1) is 10.8 Å². The molecule has 0 bridgehead atoms. The first-order valence-corrected chi connectivity index (χ1v) is 7.67. The van der Waals surface area contributed by atoms with E-state index >= 15 is 0 Å². The highest BCUT2D eigenvalue weighted by Gasteiger charge is 2.71. The lowest BCUT2D eigenvalue weighted by molar-refractivity contribution is 0.0732. The summed E-state index contributed by atoms with van der Waals surface area (Å²) in [6.45, 7) is 0. The zero-order valence-corrected chi connectivity index (χ0v) is 12.0. The first kappa shape index (κ1) is 12.1. The average molecular weight is 286 g/mol. The van der Waals surface area contributed by atoms with E-state index in [4.69, 9.17) is 0 Å². The molecule has 0 aromatic heterocycles. The number of benzene rings is 2. The van der Waals surface area contributed by atoms with Gasteiger partial charge < -0.3 is 0 Å². The molecule has 0 radical (unpaired) electrons. The minimum absolute atomic E-state index is 0.116. The number of carbonyl (C=O) groups is 2. The summed E-state index contributed by atoms with van der Waals surface area (Å²) in [6, 6.07) is 15.3. The normalized spacial score (nSPS) is 30.7. The molecule has 1 unspecified atom stereocenters. The molecule has 0 saturated carbocycles. The van der Waals surface area contributed by atoms with E-state index in [-0.39, 0.29) is 11.6 Å². The fourth-order valence-electron chi connectivity index (χ4n) is 4.93. The smallest absolute Gasteiger partial charge is 0.175 e. The van der Waals surface area contributed by atoms with Crippen LogP contribution >= 0.6 is 0 Å². The predicted molar refractivity (Wildman–Crippen MR) is 83.3 cm³/mol. The van der Waals surface area contributed by atoms with Crippen LogP contribution in [0.3, 0.4) is 0 Å². The topological polar surface area (TPSA) is 34.1 Å². The molecule has 2 heteroatoms. The summed E-state index contributed by atoms with van der Waals surface area (Å²) in [7, 11) is 0. The van der Waals surface area contributed by atoms with Gasteiger partial charge in [-0.05, 0) is 24.0 Å². The Bertz CT molecular complexity index is 819. The van der Waals surface area contributed by atoms with Crippen LogP contribution < -0.4 is 0 Å². The molecule has 0 amide bonds. The van der Waals surface area contributed by atoms with Crippen molar-refractivity contribution in [1.29, 1.82) is 0 Å². The minimum atomic E-state index is -0.723. The number of rotatable bonds is 0. The molecule has 3 aliphatic rings. The Balaban J connectivity index is 1.98. The van der Waals surface area contributed by atoms with Crippen LogP contribution in [-0.4, -0.2) is 11.6 Å². The fraction of sp³-hybridized carbons (Fsp3) is 0.200. The van der Waals surface area contributed by atoms with Crippen LogP contribution in [0.4, 0.5) is 0 Å². The molecule has 0 aliphatic heterocycles. The summed E-state index contributed by atoms with van der Waals surface area (Å²) >= 11 is 0. The lowest BCUT2D eigenvalue weighted by Gasteiger charge is -2.40. The van der Waals surface area contributed by atoms with Gasteiger partial charge in [0.15, 0.2) is 11.6 Å². The van der Waals surface area contributed by atoms with Crippen molar-refractivity contribution in [3.63, 3.8) is 0 Å². The van der Waals surface area contributed by atoms with E-state index in [1.807, 2.05) is 48.5 Å². The molecular weight excluding hydrogens is 272 g/mol. The van der Waals surface area contributed by atoms with Crippen molar-refractivity contribution in [3.8, 4) is 0 Å². The predicted octanol–water partition coefficient (Wildman–Crippen LogP) is 3.61. The third-order valence-corrected chi connectivity index (χ3v) is 5.78. The lowest BCUT2D eigenvalue weighted by atomic mass is 9.58. The minimum Gasteiger partial charge on any atom is -0.293 e. The zero-order chi connectivity index (χ0) is 14.9. The van der Waals surface area contributed by atoms with Gasteiger partial charge >= 0.3 is 0 Å². The van der Waals surface area contributed by atoms with E-state index in [9.17, 15) is 9.59 Å². The highest BCUT2D eigenvalue weighted by molar-refractivity contribution is 6.25. The van der Waals surface area contributed by atoms with E-state index in [2.05, 4.69) is 12.2 Å². The molecule has 2 aromatic carbocycles. The Morgan fingerprint density at radius 3 is 1.50 bits per heavy atom. The van der Waals surface area contributed by atoms with Crippen molar-refractivity contribution in [3.05, 3.63) is 82.9 Å². The van der Waals surface area contributed by atoms with Gasteiger partial charge in [0, 0.05) is 11.1 Å². The van der Waals surface area contributed by atoms with Crippen LogP contribution in [0, 0.1) is 0 Å². The molecule has 2 atom stereocenters. The molecule has 3 aliphatic carbocycles. The summed E-state index contributed by atoms with van der Waals surface area (Å²) < 4.78 is 0. The first-order valence-electron chi connectivity index (χ1n) is 7.67. The molecule has 0 spiro atoms. The van der Waals surface area contributed by atoms with Gasteiger partial charge in [0.25, 0.3) is 0 Å². The van der Waals surface area contributed by atoms with Crippen LogP contribution in [0.25, 0.3) is 0 Å². The summed E-state index contributed by atoms with van der Waals surface area (Å²) in [5.41, 5.74) is 1.86. The van der Waals surface area contributed by atoms with Crippen molar-refractivity contribution >= 4 is 11.6 Å². The number of ketones is 2. The van der Waals surface area contributed by atoms with E-state index < -0.39 is 10.8 Å². The van der Waals surface area contributed by atoms with Crippen molar-refractivity contribution in [2.75, 3.05) is 0 Å². The summed E-state index contributed by atoms with van der Waals surface area (Å²) in [6.07, 6.45) is 5.36. The molecule has 22 heavy (non-hydrogen) atoms. The van der Waals surface area contributed by atoms with Gasteiger partial charge in [-0.25, -0.2) is 0 Å². The van der Waals surface area contributed by atoms with E-state index in [1.54, 1.807) is 0 Å². The maximum absolute atomic E-state index is 13.4. The number of fused-ring (bicyclic) bond motifs is 2. The quantitative estimate of drug-likeness (QED) is 0.693. The first-order chi connectivity index (χ1) is 10.7. The van der Waals surface area contributed by atoms with Crippen LogP contribution in [-0.2, 0) is 10.8 Å². The second-order valence-corrected chi connectivity index (χ2v) is 6.44. The van der Waals surface area contributed by atoms with Gasteiger partial charge in [-0.1, -0.05) is 60.7 Å². The average Bonchev–Trinajstić information content (AvgIpc) is 2.96. The summed E-state index contributed by atoms with van der Waals surface area (Å²) in [4.78, 5) is 26.7. The molecule has 5 rings (SSSR count). The Hall–Kier alpha value is -2.48. The lowest BCUT2D eigenvalue weighted by Crippen LogP contribution is -2.50. The van der Waals surface area contributed by atoms with Gasteiger partial charge in [-0.3, -0.25) is 9.59 Å². The molecule has 0 fully saturated rings. The number of hydrogen-bond acceptors (Lipinski definition) is 2. The standard InChI is InChI=1S/C20H14O2/c21-17-13-7-1-3-9-15(13)19-11-5-6-12-20(17,19)16-10-4-2-8-14(16)18(19)22/h1-10H,11-12H2/t19-,20?/m1/s1. The Labute approximate surface area is 128 Å². The number of carbonyl (C=O) groups excluding carboxylic acids is 2. The Morgan fingerprint density at radius 2 is 1.05 bits per heavy atom. The van der Waals surface area contributed by atoms with Crippen LogP contribution in [0.1, 0.15) is 44.7 Å². The molecule has 0 heterocycles. The van der Waals surface area contributed by atoms with Crippen LogP contribution in [0.5, 0.6) is 0 Å². The summed E-state index contributed by atoms with van der Waals surface area (Å²) in [5, 5.41) is 0. The number of Topliss-reactive ketones (excluding diaryl/α,β-unsaturated/α-hetero) is 2. The monoisotopic (exact) mass is 286 g/mol. The Kier molecular flexibility index (Phi) is 2.00. The number of allylic oxidation sites excluding steroid dienone is 2. The second-order valence-electron chi connectivity index (χ2n) is 6.44. The third-order valence-electron chi connectivity index (χ3n) is 5.78. The molecule has 0 N–H and O–H groups in total. The highest BCUT2D eigenvalue weighted by atomic mass is 16.1. The molecule has 106 valence electrons.